The van der Waals surface area contributed by atoms with Gasteiger partial charge in [-0.25, -0.2) is 0 Å². The summed E-state index contributed by atoms with van der Waals surface area (Å²) in [4.78, 5) is 5.91. The van der Waals surface area contributed by atoms with Gasteiger partial charge in [-0.3, -0.25) is 0 Å². The third kappa shape index (κ3) is 21.8. The molecule has 812 valence electrons. The van der Waals surface area contributed by atoms with E-state index in [1.54, 1.807) is 0 Å². The molecule has 0 nitrogen and oxygen atoms in total. The van der Waals surface area contributed by atoms with Crippen molar-refractivity contribution in [2.75, 3.05) is 0 Å². The van der Waals surface area contributed by atoms with Crippen molar-refractivity contribution in [3.05, 3.63) is 86.5 Å². The molecule has 31 heteroatoms. The molecule has 0 bridgehead atoms. The summed E-state index contributed by atoms with van der Waals surface area (Å²) < 4.78 is 0.942. The summed E-state index contributed by atoms with van der Waals surface area (Å²) in [5, 5.41) is 0. The van der Waals surface area contributed by atoms with Gasteiger partial charge in [-0.2, -0.15) is 0 Å². The molecule has 0 aliphatic heterocycles. The first-order valence-electron chi connectivity index (χ1n) is 55.6. The van der Waals surface area contributed by atoms with Crippen molar-refractivity contribution in [1.82, 2.24) is 0 Å². The minimum atomic E-state index is -4.19. The molecule has 0 spiro atoms. The monoisotopic (exact) mass is 2610 g/mol. The van der Waals surface area contributed by atoms with E-state index in [-0.39, 0.29) is 38.6 Å². The molecule has 0 unspecified atom stereocenters. The molecule has 0 aliphatic rings. The van der Waals surface area contributed by atoms with Gasteiger partial charge in [-0.05, 0) is 0 Å². The molecule has 139 heavy (non-hydrogen) atoms. The van der Waals surface area contributed by atoms with E-state index < -0.39 is 235 Å². The van der Waals surface area contributed by atoms with Gasteiger partial charge in [0.05, 0.1) is 0 Å². The van der Waals surface area contributed by atoms with Crippen LogP contribution >= 0.6 is 25.6 Å². The number of benzene rings is 3. The van der Waals surface area contributed by atoms with Crippen LogP contribution in [0.2, 0.25) is 530 Å². The van der Waals surface area contributed by atoms with E-state index in [2.05, 4.69) is 592 Å². The molecular formula is C108H249BiS3Si27. The SMILES string of the molecule is C[Si](C)(C)C(c1cc(C([Si](C)(C)C)([Si](C)(C)C)[Si](C)(C)C)c([S][Bi]([S]c2c(C([Si](C)(C)C)([Si](C)(C)C)[Si](C)(C)C)cc(C([Si](C)(C)C)([Si](C)(C)C)[Si](C)(C)C)cc2C([Si](C)(C)C)([Si](C)(C)C)[Si](C)(C)C)[S]c2c(C([Si](C)(C)C)([Si](C)(C)C)[Si](C)(C)C)cc(C([Si](C)(C)C)([Si](C)(C)C)[Si](C)(C)C)cc2C([Si](C)(C)C)([Si](C)(C)C)[Si](C)(C)C)c(C([Si](C)(C)C)([Si](C)(C)C)[Si](C)(C)C)c1)([Si](C)(C)C)[Si](C)(C)C. The van der Waals surface area contributed by atoms with Crippen LogP contribution in [-0.2, 0) is 38.6 Å². The van der Waals surface area contributed by atoms with E-state index in [9.17, 15) is 0 Å². The first-order chi connectivity index (χ1) is 59.2. The molecule has 3 rings (SSSR count). The van der Waals surface area contributed by atoms with Gasteiger partial charge in [0.25, 0.3) is 0 Å². The predicted molar refractivity (Wildman–Crippen MR) is 748 cm³/mol. The Morgan fingerprint density at radius 3 is 0.237 bits per heavy atom. The minimum absolute atomic E-state index is 0.0766. The Bertz CT molecular complexity index is 3810. The van der Waals surface area contributed by atoms with Gasteiger partial charge >= 0.3 is 931 Å². The average Bonchev–Trinajstić information content (AvgIpc) is 0.662. The molecule has 0 radical (unpaired) electrons. The molecule has 0 fully saturated rings. The summed E-state index contributed by atoms with van der Waals surface area (Å²) in [5.74, 6) is 0. The summed E-state index contributed by atoms with van der Waals surface area (Å²) in [5.41, 5.74) is 17.7. The van der Waals surface area contributed by atoms with Crippen molar-refractivity contribution in [1.29, 1.82) is 0 Å². The van der Waals surface area contributed by atoms with Crippen molar-refractivity contribution in [2.45, 2.75) is 584 Å². The van der Waals surface area contributed by atoms with Crippen LogP contribution in [0.3, 0.4) is 0 Å². The van der Waals surface area contributed by atoms with Crippen LogP contribution in [0, 0.1) is 0 Å². The molecule has 0 amide bonds. The van der Waals surface area contributed by atoms with Gasteiger partial charge in [0.15, 0.2) is 0 Å². The molecule has 3 aromatic carbocycles. The van der Waals surface area contributed by atoms with Crippen LogP contribution in [-0.4, -0.2) is 235 Å². The maximum atomic E-state index is 3.40. The third-order valence-electron chi connectivity index (χ3n) is 37.9. The maximum absolute atomic E-state index is 4.19. The first-order valence-corrected chi connectivity index (χ1v) is 165. The fraction of sp³-hybridized carbons (Fsp3) is 0.833. The Balaban J connectivity index is 4.50. The van der Waals surface area contributed by atoms with Crippen LogP contribution in [0.4, 0.5) is 0 Å². The summed E-state index contributed by atoms with van der Waals surface area (Å²) in [6.45, 7) is 243. The predicted octanol–water partition coefficient (Wildman–Crippen LogP) is 41.2. The second-order valence-corrected chi connectivity index (χ2v) is 255. The third-order valence-corrected chi connectivity index (χ3v) is 253. The Morgan fingerprint density at radius 1 is 0.115 bits per heavy atom. The molecule has 0 aromatic heterocycles. The molecule has 0 atom stereocenters. The summed E-state index contributed by atoms with van der Waals surface area (Å²) in [6.07, 6.45) is 0. The van der Waals surface area contributed by atoms with Crippen LogP contribution in [0.1, 0.15) is 50.1 Å². The fourth-order valence-corrected chi connectivity index (χ4v) is 349. The van der Waals surface area contributed by atoms with E-state index in [1.807, 2.05) is 64.8 Å². The molecule has 0 saturated heterocycles. The average molecular weight is 2610 g/mol. The summed E-state index contributed by atoms with van der Waals surface area (Å²) in [6, 6.07) is 20.4. The second kappa shape index (κ2) is 40.1. The second-order valence-electron chi connectivity index (χ2n) is 73.7. The summed E-state index contributed by atoms with van der Waals surface area (Å²) >= 11 is -4.19. The van der Waals surface area contributed by atoms with E-state index >= 15 is 0 Å². The normalized spacial score (nSPS) is 16.5. The Hall–Kier alpha value is 5.45. The quantitative estimate of drug-likeness (QED) is 0.0519. The van der Waals surface area contributed by atoms with E-state index in [4.69, 9.17) is 0 Å². The van der Waals surface area contributed by atoms with E-state index in [1.165, 1.54) is 0 Å². The Kier molecular flexibility index (Phi) is 40.0. The van der Waals surface area contributed by atoms with Crippen molar-refractivity contribution in [3.63, 3.8) is 0 Å². The van der Waals surface area contributed by atoms with Gasteiger partial charge in [-0.1, -0.05) is 0 Å². The van der Waals surface area contributed by atoms with Crippen LogP contribution < -0.4 is 0 Å². The van der Waals surface area contributed by atoms with Gasteiger partial charge in [0.2, 0.25) is 0 Å². The summed E-state index contributed by atoms with van der Waals surface area (Å²) in [7, 11) is -53.9. The molecule has 3 aromatic rings. The molecule has 0 N–H and O–H groups in total. The zero-order chi connectivity index (χ0) is 113. The fourth-order valence-electron chi connectivity index (χ4n) is 46.3. The molecule has 0 saturated carbocycles. The van der Waals surface area contributed by atoms with Gasteiger partial charge in [-0.15, -0.1) is 0 Å². The number of hydrogen-bond donors (Lipinski definition) is 0. The van der Waals surface area contributed by atoms with Crippen molar-refractivity contribution in [2.24, 2.45) is 0 Å². The number of hydrogen-bond acceptors (Lipinski definition) is 3. The topological polar surface area (TPSA) is 0 Å². The zero-order valence-corrected chi connectivity index (χ0v) is 143. The first kappa shape index (κ1) is 139. The van der Waals surface area contributed by atoms with E-state index in [0.717, 1.165) is 0 Å². The van der Waals surface area contributed by atoms with Gasteiger partial charge in [0, 0.05) is 0 Å². The van der Waals surface area contributed by atoms with Crippen LogP contribution in [0.25, 0.3) is 0 Å². The molecule has 0 heterocycles. The zero-order valence-electron chi connectivity index (χ0n) is 110. The van der Waals surface area contributed by atoms with Crippen LogP contribution in [0.15, 0.2) is 51.1 Å². The van der Waals surface area contributed by atoms with Crippen molar-refractivity contribution >= 4 is 261 Å². The Morgan fingerprint density at radius 2 is 0.180 bits per heavy atom. The van der Waals surface area contributed by atoms with Gasteiger partial charge in [0.1, 0.15) is 0 Å². The van der Waals surface area contributed by atoms with E-state index in [0.29, 0.717) is 0 Å². The number of rotatable bonds is 42. The Labute approximate surface area is 919 Å². The molecular weight excluding hydrogens is 2360 g/mol. The van der Waals surface area contributed by atoms with Crippen molar-refractivity contribution in [3.8, 4) is 0 Å². The van der Waals surface area contributed by atoms with Crippen molar-refractivity contribution < 1.29 is 0 Å². The standard InChI is InChI=1S/3C36H84SSi9.Bi/c3*1-38(2,3)34(39(4,5)6,40(7,8)9)30-28-31(35(41(10,11)12,42(13,14)15)43(16,17)18)33(37)32(29-30)36(44(19,20)21,45(22,23)24)46(25,26)27;/h3*28-29,37H,1-27H3;/q;;;+3/p-3. The van der Waals surface area contributed by atoms with Gasteiger partial charge < -0.3 is 0 Å². The van der Waals surface area contributed by atoms with Crippen LogP contribution in [0.5, 0.6) is 0 Å². The molecule has 0 aliphatic carbocycles.